The lowest BCUT2D eigenvalue weighted by Crippen LogP contribution is -2.36. The molecule has 0 unspecified atom stereocenters. The molecule has 13 heteroatoms. The zero-order valence-corrected chi connectivity index (χ0v) is 19.1. The number of rotatable bonds is 7. The van der Waals surface area contributed by atoms with Gasteiger partial charge in [0.05, 0.1) is 35.2 Å². The van der Waals surface area contributed by atoms with Crippen molar-refractivity contribution in [2.24, 2.45) is 0 Å². The van der Waals surface area contributed by atoms with Crippen LogP contribution in [-0.2, 0) is 10.0 Å². The second kappa shape index (κ2) is 9.41. The largest absolute Gasteiger partial charge is 0.465 e. The maximum atomic E-state index is 14.9. The van der Waals surface area contributed by atoms with E-state index in [4.69, 9.17) is 5.11 Å². The van der Waals surface area contributed by atoms with Gasteiger partial charge in [0.25, 0.3) is 0 Å². The maximum absolute atomic E-state index is 14.9. The number of carboxylic acid groups (broad SMARTS) is 1. The average molecular weight is 495 g/mol. The third-order valence-corrected chi connectivity index (χ3v) is 7.09. The van der Waals surface area contributed by atoms with E-state index in [1.807, 2.05) is 0 Å². The molecule has 0 bridgehead atoms. The van der Waals surface area contributed by atoms with Gasteiger partial charge in [0.1, 0.15) is 11.5 Å². The first-order chi connectivity index (χ1) is 16.2. The molecule has 34 heavy (non-hydrogen) atoms. The summed E-state index contributed by atoms with van der Waals surface area (Å²) in [6.07, 6.45) is 3.59. The summed E-state index contributed by atoms with van der Waals surface area (Å²) in [5.74, 6) is -2.09. The number of amides is 1. The molecule has 3 N–H and O–H groups in total. The number of hydrogen-bond acceptors (Lipinski definition) is 6. The fourth-order valence-corrected chi connectivity index (χ4v) is 5.04. The van der Waals surface area contributed by atoms with Crippen molar-refractivity contribution in [2.45, 2.75) is 32.1 Å². The minimum atomic E-state index is -3.76. The Morgan fingerprint density at radius 3 is 2.68 bits per heavy atom. The number of nitrogens with one attached hydrogen (secondary N) is 2. The Bertz CT molecular complexity index is 1320. The van der Waals surface area contributed by atoms with Gasteiger partial charge in [-0.1, -0.05) is 6.92 Å². The fourth-order valence-electron chi connectivity index (χ4n) is 3.90. The molecule has 0 aliphatic carbocycles. The highest BCUT2D eigenvalue weighted by atomic mass is 32.2. The van der Waals surface area contributed by atoms with Gasteiger partial charge in [-0.15, -0.1) is 0 Å². The van der Waals surface area contributed by atoms with Gasteiger partial charge in [-0.05, 0) is 31.4 Å². The predicted molar refractivity (Wildman–Crippen MR) is 122 cm³/mol. The van der Waals surface area contributed by atoms with E-state index >= 15 is 0 Å². The van der Waals surface area contributed by atoms with Crippen LogP contribution in [0.3, 0.4) is 0 Å². The molecule has 0 spiro atoms. The van der Waals surface area contributed by atoms with Gasteiger partial charge < -0.3 is 15.3 Å². The van der Waals surface area contributed by atoms with Crippen molar-refractivity contribution in [2.75, 3.05) is 28.9 Å². The predicted octanol–water partition coefficient (Wildman–Crippen LogP) is 3.76. The van der Waals surface area contributed by atoms with Crippen LogP contribution in [0.15, 0.2) is 30.6 Å². The summed E-state index contributed by atoms with van der Waals surface area (Å²) >= 11 is 0. The molecule has 1 saturated heterocycles. The fraction of sp³-hybridized carbons (Fsp3) is 0.381. The molecule has 182 valence electrons. The molecule has 2 aromatic heterocycles. The summed E-state index contributed by atoms with van der Waals surface area (Å²) in [6, 6.07) is 3.80. The Balaban J connectivity index is 1.55. The van der Waals surface area contributed by atoms with Gasteiger partial charge in [0.15, 0.2) is 11.5 Å². The lowest BCUT2D eigenvalue weighted by Gasteiger charge is -2.28. The van der Waals surface area contributed by atoms with Gasteiger partial charge in [-0.3, -0.25) is 4.72 Å². The molecule has 1 aliphatic rings. The normalized spacial score (nSPS) is 15.0. The van der Waals surface area contributed by atoms with Crippen LogP contribution in [0.4, 0.5) is 30.6 Å². The minimum Gasteiger partial charge on any atom is -0.465 e. The number of aromatic nitrogens is 3. The van der Waals surface area contributed by atoms with Crippen molar-refractivity contribution in [3.05, 3.63) is 47.9 Å². The van der Waals surface area contributed by atoms with Crippen molar-refractivity contribution >= 4 is 38.8 Å². The first-order valence-electron chi connectivity index (χ1n) is 10.8. The van der Waals surface area contributed by atoms with Crippen molar-refractivity contribution in [1.29, 1.82) is 0 Å². The van der Waals surface area contributed by atoms with E-state index in [0.717, 1.165) is 17.8 Å². The molecule has 1 amide bonds. The number of likely N-dealkylation sites (tertiary alicyclic amines) is 1. The lowest BCUT2D eigenvalue weighted by molar-refractivity contribution is 0.131. The SMILES string of the molecule is CCCS(=O)(=O)Nc1ccc(F)c(Nc2cnc3cc(C4CCN(C(=O)O)CC4)nn3c2)c1F. The number of halogens is 2. The van der Waals surface area contributed by atoms with E-state index in [1.54, 1.807) is 13.0 Å². The van der Waals surface area contributed by atoms with Gasteiger partial charge >= 0.3 is 6.09 Å². The monoisotopic (exact) mass is 494 g/mol. The zero-order valence-electron chi connectivity index (χ0n) is 18.3. The molecule has 1 aliphatic heterocycles. The van der Waals surface area contributed by atoms with Crippen LogP contribution in [0.2, 0.25) is 0 Å². The number of carbonyl (C=O) groups is 1. The summed E-state index contributed by atoms with van der Waals surface area (Å²) in [5, 5.41) is 16.2. The molecular weight excluding hydrogens is 470 g/mol. The Kier molecular flexibility index (Phi) is 6.55. The highest BCUT2D eigenvalue weighted by Crippen LogP contribution is 2.30. The number of hydrogen-bond donors (Lipinski definition) is 3. The molecule has 0 atom stereocenters. The number of piperidine rings is 1. The Labute approximate surface area is 194 Å². The van der Waals surface area contributed by atoms with Crippen molar-refractivity contribution in [1.82, 2.24) is 19.5 Å². The third-order valence-electron chi connectivity index (χ3n) is 5.61. The van der Waals surface area contributed by atoms with E-state index in [9.17, 15) is 22.0 Å². The first kappa shape index (κ1) is 23.7. The summed E-state index contributed by atoms with van der Waals surface area (Å²) < 4.78 is 56.9. The molecule has 1 fully saturated rings. The quantitative estimate of drug-likeness (QED) is 0.456. The number of sulfonamides is 1. The molecule has 3 heterocycles. The van der Waals surface area contributed by atoms with E-state index in [0.29, 0.717) is 38.0 Å². The van der Waals surface area contributed by atoms with Crippen LogP contribution in [0, 0.1) is 11.6 Å². The van der Waals surface area contributed by atoms with E-state index < -0.39 is 33.4 Å². The van der Waals surface area contributed by atoms with Gasteiger partial charge in [-0.25, -0.2) is 31.5 Å². The summed E-state index contributed by atoms with van der Waals surface area (Å²) in [6.45, 7) is 2.52. The summed E-state index contributed by atoms with van der Waals surface area (Å²) in [5.41, 5.74) is 0.656. The second-order valence-electron chi connectivity index (χ2n) is 8.09. The van der Waals surface area contributed by atoms with Gasteiger partial charge in [0.2, 0.25) is 10.0 Å². The van der Waals surface area contributed by atoms with E-state index in [1.165, 1.54) is 21.8 Å². The maximum Gasteiger partial charge on any atom is 0.407 e. The topological polar surface area (TPSA) is 129 Å². The Morgan fingerprint density at radius 2 is 2.00 bits per heavy atom. The standard InChI is InChI=1S/C21H24F2N6O4S/c1-2-9-34(32,33)27-16-4-3-15(22)20(19(16)23)25-14-11-24-18-10-17(26-29(18)12-14)13-5-7-28(8-6-13)21(30)31/h3-4,10-13,25,27H,2,5-9H2,1H3,(H,30,31). The van der Waals surface area contributed by atoms with Crippen LogP contribution in [-0.4, -0.2) is 58.0 Å². The highest BCUT2D eigenvalue weighted by molar-refractivity contribution is 7.92. The molecule has 4 rings (SSSR count). The van der Waals surface area contributed by atoms with Crippen LogP contribution in [0.5, 0.6) is 0 Å². The summed E-state index contributed by atoms with van der Waals surface area (Å²) in [7, 11) is -3.76. The third kappa shape index (κ3) is 5.03. The minimum absolute atomic E-state index is 0.0800. The van der Waals surface area contributed by atoms with Crippen LogP contribution < -0.4 is 10.0 Å². The first-order valence-corrected chi connectivity index (χ1v) is 12.4. The van der Waals surface area contributed by atoms with E-state index in [-0.39, 0.29) is 23.0 Å². The molecule has 3 aromatic rings. The Morgan fingerprint density at radius 1 is 1.26 bits per heavy atom. The molecule has 1 aromatic carbocycles. The highest BCUT2D eigenvalue weighted by Gasteiger charge is 2.25. The summed E-state index contributed by atoms with van der Waals surface area (Å²) in [4.78, 5) is 16.7. The van der Waals surface area contributed by atoms with Gasteiger partial charge in [0, 0.05) is 25.1 Å². The van der Waals surface area contributed by atoms with Crippen molar-refractivity contribution in [3.8, 4) is 0 Å². The van der Waals surface area contributed by atoms with Crippen molar-refractivity contribution < 1.29 is 27.1 Å². The van der Waals surface area contributed by atoms with Gasteiger partial charge in [-0.2, -0.15) is 5.10 Å². The zero-order chi connectivity index (χ0) is 24.5. The van der Waals surface area contributed by atoms with Crippen molar-refractivity contribution in [3.63, 3.8) is 0 Å². The average Bonchev–Trinajstić information content (AvgIpc) is 3.22. The number of fused-ring (bicyclic) bond motifs is 1. The van der Waals surface area contributed by atoms with Crippen LogP contribution in [0.1, 0.15) is 37.8 Å². The van der Waals surface area contributed by atoms with E-state index in [2.05, 4.69) is 20.1 Å². The number of anilines is 3. The molecule has 0 radical (unpaired) electrons. The smallest absolute Gasteiger partial charge is 0.407 e. The molecular formula is C21H24F2N6O4S. The second-order valence-corrected chi connectivity index (χ2v) is 9.93. The number of nitrogens with zero attached hydrogens (tertiary/aromatic N) is 4. The molecule has 10 nitrogen and oxygen atoms in total. The number of benzene rings is 1. The molecule has 0 saturated carbocycles. The van der Waals surface area contributed by atoms with Crippen LogP contribution >= 0.6 is 0 Å². The Hall–Kier alpha value is -3.48. The van der Waals surface area contributed by atoms with Crippen LogP contribution in [0.25, 0.3) is 5.65 Å². The lowest BCUT2D eigenvalue weighted by atomic mass is 9.94.